The third-order valence-corrected chi connectivity index (χ3v) is 2.73. The van der Waals surface area contributed by atoms with Crippen LogP contribution in [0, 0.1) is 0 Å². The van der Waals surface area contributed by atoms with Crippen molar-refractivity contribution >= 4 is 18.0 Å². The van der Waals surface area contributed by atoms with E-state index < -0.39 is 24.1 Å². The average Bonchev–Trinajstić information content (AvgIpc) is 2.53. The van der Waals surface area contributed by atoms with Crippen LogP contribution in [-0.2, 0) is 28.5 Å². The Bertz CT molecular complexity index is 398. The van der Waals surface area contributed by atoms with Crippen molar-refractivity contribution < 1.29 is 38.4 Å². The average molecular weight is 333 g/mol. The van der Waals surface area contributed by atoms with Crippen LogP contribution in [0.2, 0.25) is 0 Å². The smallest absolute Gasteiger partial charge is 0.410 e. The summed E-state index contributed by atoms with van der Waals surface area (Å²) in [5.74, 6) is -1.69. The van der Waals surface area contributed by atoms with Crippen LogP contribution in [0.5, 0.6) is 0 Å². The summed E-state index contributed by atoms with van der Waals surface area (Å²) in [7, 11) is 2.61. The number of carboxylic acid groups (broad SMARTS) is 1. The van der Waals surface area contributed by atoms with Gasteiger partial charge >= 0.3 is 18.0 Å². The quantitative estimate of drug-likeness (QED) is 0.240. The largest absolute Gasteiger partial charge is 0.481 e. The van der Waals surface area contributed by atoms with Crippen molar-refractivity contribution in [3.8, 4) is 0 Å². The van der Waals surface area contributed by atoms with Crippen LogP contribution in [0.1, 0.15) is 12.8 Å². The number of hydrogen-bond donors (Lipinski definition) is 1. The molecule has 0 rings (SSSR count). The Morgan fingerprint density at radius 1 is 1.30 bits per heavy atom. The van der Waals surface area contributed by atoms with Crippen molar-refractivity contribution in [1.29, 1.82) is 0 Å². The molecule has 9 heteroatoms. The number of rotatable bonds is 12. The van der Waals surface area contributed by atoms with Gasteiger partial charge in [0.15, 0.2) is 0 Å². The molecule has 0 aliphatic rings. The molecule has 1 atom stereocenters. The second-order valence-corrected chi connectivity index (χ2v) is 4.43. The van der Waals surface area contributed by atoms with Crippen LogP contribution in [-0.4, -0.2) is 74.9 Å². The van der Waals surface area contributed by atoms with Gasteiger partial charge in [-0.2, -0.15) is 0 Å². The highest BCUT2D eigenvalue weighted by Gasteiger charge is 2.28. The number of nitrogens with zero attached hydrogens (tertiary/aromatic N) is 1. The van der Waals surface area contributed by atoms with E-state index in [1.54, 1.807) is 0 Å². The summed E-state index contributed by atoms with van der Waals surface area (Å²) in [4.78, 5) is 35.4. The highest BCUT2D eigenvalue weighted by Crippen LogP contribution is 2.11. The summed E-state index contributed by atoms with van der Waals surface area (Å²) in [6, 6.07) is -0.683. The molecule has 0 aliphatic carbocycles. The number of carboxylic acids is 1. The number of hydrogen-bond acceptors (Lipinski definition) is 7. The lowest BCUT2D eigenvalue weighted by Gasteiger charge is -2.29. The molecule has 0 aliphatic heterocycles. The molecular weight excluding hydrogens is 310 g/mol. The molecular formula is C14H23NO8. The minimum absolute atomic E-state index is 0.0126. The fourth-order valence-corrected chi connectivity index (χ4v) is 1.65. The van der Waals surface area contributed by atoms with Crippen molar-refractivity contribution in [2.45, 2.75) is 18.9 Å². The minimum atomic E-state index is -1.03. The molecule has 0 bridgehead atoms. The minimum Gasteiger partial charge on any atom is -0.481 e. The Kier molecular flexibility index (Phi) is 11.3. The number of esters is 1. The third-order valence-electron chi connectivity index (χ3n) is 2.73. The zero-order valence-electron chi connectivity index (χ0n) is 13.4. The standard InChI is InChI=1S/C14H23NO8/c1-4-7-23-14(19)15(8-13(18)21-3)11(5-6-12(16)17)9-22-10-20-2/h4,11H,1,5-10H2,2-3H3,(H,16,17)/t11-/m1/s1. The maximum Gasteiger partial charge on any atom is 0.410 e. The molecule has 0 aromatic rings. The lowest BCUT2D eigenvalue weighted by Crippen LogP contribution is -2.46. The summed E-state index contributed by atoms with van der Waals surface area (Å²) in [5, 5.41) is 8.82. The molecule has 1 amide bonds. The van der Waals surface area contributed by atoms with Crippen molar-refractivity contribution in [3.63, 3.8) is 0 Å². The Labute approximate surface area is 134 Å². The number of methoxy groups -OCH3 is 2. The zero-order chi connectivity index (χ0) is 17.7. The fourth-order valence-electron chi connectivity index (χ4n) is 1.65. The molecule has 0 saturated carbocycles. The number of carbonyl (C=O) groups is 3. The van der Waals surface area contributed by atoms with E-state index in [1.807, 2.05) is 0 Å². The lowest BCUT2D eigenvalue weighted by molar-refractivity contribution is -0.142. The third kappa shape index (κ3) is 9.48. The van der Waals surface area contributed by atoms with Crippen LogP contribution in [0.4, 0.5) is 4.79 Å². The number of ether oxygens (including phenoxy) is 4. The van der Waals surface area contributed by atoms with E-state index >= 15 is 0 Å². The molecule has 0 saturated heterocycles. The summed E-state index contributed by atoms with van der Waals surface area (Å²) in [6.07, 6.45) is 0.473. The van der Waals surface area contributed by atoms with E-state index in [-0.39, 0.29) is 39.4 Å². The van der Waals surface area contributed by atoms with Gasteiger partial charge in [-0.1, -0.05) is 12.7 Å². The Morgan fingerprint density at radius 2 is 2.00 bits per heavy atom. The van der Waals surface area contributed by atoms with Crippen LogP contribution in [0.25, 0.3) is 0 Å². The van der Waals surface area contributed by atoms with Crippen LogP contribution in [0.3, 0.4) is 0 Å². The summed E-state index contributed by atoms with van der Waals surface area (Å²) >= 11 is 0. The molecule has 0 aromatic heterocycles. The van der Waals surface area contributed by atoms with Gasteiger partial charge in [0.1, 0.15) is 19.9 Å². The van der Waals surface area contributed by atoms with Gasteiger partial charge in [0.25, 0.3) is 0 Å². The molecule has 132 valence electrons. The van der Waals surface area contributed by atoms with Crippen molar-refractivity contribution in [2.24, 2.45) is 0 Å². The molecule has 0 heterocycles. The Hall–Kier alpha value is -2.13. The summed E-state index contributed by atoms with van der Waals surface area (Å²) in [5.41, 5.74) is 0. The van der Waals surface area contributed by atoms with Crippen LogP contribution >= 0.6 is 0 Å². The SMILES string of the molecule is C=CCOC(=O)N(CC(=O)OC)[C@H](CCC(=O)O)COCOC. The van der Waals surface area contributed by atoms with Gasteiger partial charge in [-0.05, 0) is 6.42 Å². The molecule has 0 fully saturated rings. The lowest BCUT2D eigenvalue weighted by atomic mass is 10.1. The van der Waals surface area contributed by atoms with E-state index in [4.69, 9.17) is 19.3 Å². The van der Waals surface area contributed by atoms with Crippen molar-refractivity contribution in [1.82, 2.24) is 4.90 Å². The highest BCUT2D eigenvalue weighted by molar-refractivity contribution is 5.78. The molecule has 0 radical (unpaired) electrons. The van der Waals surface area contributed by atoms with Gasteiger partial charge in [-0.25, -0.2) is 4.79 Å². The van der Waals surface area contributed by atoms with Crippen molar-refractivity contribution in [2.75, 3.05) is 40.8 Å². The maximum atomic E-state index is 12.1. The normalized spacial score (nSPS) is 11.4. The van der Waals surface area contributed by atoms with Crippen LogP contribution in [0.15, 0.2) is 12.7 Å². The second-order valence-electron chi connectivity index (χ2n) is 4.43. The number of aliphatic carboxylic acids is 1. The number of carbonyl (C=O) groups excluding carboxylic acids is 2. The second kappa shape index (κ2) is 12.4. The van der Waals surface area contributed by atoms with E-state index in [2.05, 4.69) is 11.3 Å². The van der Waals surface area contributed by atoms with E-state index in [0.717, 1.165) is 4.90 Å². The van der Waals surface area contributed by atoms with Gasteiger partial charge in [0.05, 0.1) is 19.8 Å². The Morgan fingerprint density at radius 3 is 2.52 bits per heavy atom. The zero-order valence-corrected chi connectivity index (χ0v) is 13.4. The summed E-state index contributed by atoms with van der Waals surface area (Å²) in [6.45, 7) is 2.96. The van der Waals surface area contributed by atoms with E-state index in [1.165, 1.54) is 20.3 Å². The Balaban J connectivity index is 5.04. The predicted octanol–water partition coefficient (Wildman–Crippen LogP) is 0.638. The fraction of sp³-hybridized carbons (Fsp3) is 0.643. The first-order valence-corrected chi connectivity index (χ1v) is 6.85. The van der Waals surface area contributed by atoms with Crippen LogP contribution < -0.4 is 0 Å². The van der Waals surface area contributed by atoms with Gasteiger partial charge in [-0.3, -0.25) is 14.5 Å². The molecule has 9 nitrogen and oxygen atoms in total. The number of amides is 1. The molecule has 0 unspecified atom stereocenters. The first-order chi connectivity index (χ1) is 11.0. The maximum absolute atomic E-state index is 12.1. The molecule has 0 spiro atoms. The summed E-state index contributed by atoms with van der Waals surface area (Å²) < 4.78 is 19.4. The predicted molar refractivity (Wildman–Crippen MR) is 78.8 cm³/mol. The van der Waals surface area contributed by atoms with Gasteiger partial charge in [0, 0.05) is 13.5 Å². The van der Waals surface area contributed by atoms with Gasteiger partial charge in [-0.15, -0.1) is 0 Å². The van der Waals surface area contributed by atoms with Gasteiger partial charge < -0.3 is 24.1 Å². The molecule has 1 N–H and O–H groups in total. The monoisotopic (exact) mass is 333 g/mol. The highest BCUT2D eigenvalue weighted by atomic mass is 16.7. The van der Waals surface area contributed by atoms with E-state index in [0.29, 0.717) is 0 Å². The molecule has 0 aromatic carbocycles. The topological polar surface area (TPSA) is 112 Å². The molecule has 23 heavy (non-hydrogen) atoms. The first-order valence-electron chi connectivity index (χ1n) is 6.85. The van der Waals surface area contributed by atoms with Crippen molar-refractivity contribution in [3.05, 3.63) is 12.7 Å². The first kappa shape index (κ1) is 20.9. The van der Waals surface area contributed by atoms with E-state index in [9.17, 15) is 14.4 Å². The van der Waals surface area contributed by atoms with Gasteiger partial charge in [0.2, 0.25) is 0 Å².